The maximum atomic E-state index is 5.96. The van der Waals surface area contributed by atoms with Crippen molar-refractivity contribution in [2.24, 2.45) is 0 Å². The zero-order valence-electron chi connectivity index (χ0n) is 12.6. The minimum absolute atomic E-state index is 0.485. The van der Waals surface area contributed by atoms with Crippen molar-refractivity contribution >= 4 is 0 Å². The van der Waals surface area contributed by atoms with E-state index >= 15 is 0 Å². The molecular formula is C19H23NO. The number of hydrogen-bond acceptors (Lipinski definition) is 2. The van der Waals surface area contributed by atoms with Gasteiger partial charge in [-0.1, -0.05) is 49.7 Å². The molecule has 110 valence electrons. The second-order valence-electron chi connectivity index (χ2n) is 5.68. The molecule has 2 nitrogen and oxygen atoms in total. The summed E-state index contributed by atoms with van der Waals surface area (Å²) in [5.41, 5.74) is 4.10. The summed E-state index contributed by atoms with van der Waals surface area (Å²) in [7, 11) is 0. The van der Waals surface area contributed by atoms with E-state index in [1.54, 1.807) is 0 Å². The molecule has 3 rings (SSSR count). The molecule has 1 aliphatic heterocycles. The zero-order chi connectivity index (χ0) is 14.5. The average Bonchev–Trinajstić information content (AvgIpc) is 2.54. The molecule has 21 heavy (non-hydrogen) atoms. The molecule has 2 aromatic carbocycles. The highest BCUT2D eigenvalue weighted by molar-refractivity contribution is 5.39. The van der Waals surface area contributed by atoms with Crippen molar-refractivity contribution in [2.75, 3.05) is 6.54 Å². The molecule has 1 heterocycles. The highest BCUT2D eigenvalue weighted by atomic mass is 16.5. The number of ether oxygens (including phenoxy) is 1. The normalized spacial score (nSPS) is 17.3. The van der Waals surface area contributed by atoms with Crippen molar-refractivity contribution < 1.29 is 4.74 Å². The predicted octanol–water partition coefficient (Wildman–Crippen LogP) is 4.25. The topological polar surface area (TPSA) is 21.3 Å². The fourth-order valence-corrected chi connectivity index (χ4v) is 2.99. The Morgan fingerprint density at radius 1 is 1.14 bits per heavy atom. The van der Waals surface area contributed by atoms with Crippen LogP contribution in [-0.2, 0) is 13.0 Å². The van der Waals surface area contributed by atoms with Crippen LogP contribution in [0.15, 0.2) is 48.5 Å². The van der Waals surface area contributed by atoms with Gasteiger partial charge in [0.1, 0.15) is 12.4 Å². The first-order valence-electron chi connectivity index (χ1n) is 7.89. The van der Waals surface area contributed by atoms with Gasteiger partial charge in [0, 0.05) is 6.04 Å². The summed E-state index contributed by atoms with van der Waals surface area (Å²) >= 11 is 0. The van der Waals surface area contributed by atoms with Gasteiger partial charge in [0.2, 0.25) is 0 Å². The number of nitrogens with one attached hydrogen (secondary N) is 1. The van der Waals surface area contributed by atoms with Gasteiger partial charge in [-0.15, -0.1) is 0 Å². The van der Waals surface area contributed by atoms with Gasteiger partial charge >= 0.3 is 0 Å². The summed E-state index contributed by atoms with van der Waals surface area (Å²) in [6, 6.07) is 17.4. The van der Waals surface area contributed by atoms with E-state index in [0.717, 1.165) is 18.7 Å². The molecule has 0 amide bonds. The molecule has 0 fully saturated rings. The van der Waals surface area contributed by atoms with E-state index in [4.69, 9.17) is 4.74 Å². The van der Waals surface area contributed by atoms with E-state index in [2.05, 4.69) is 42.6 Å². The molecule has 0 radical (unpaired) electrons. The number of fused-ring (bicyclic) bond motifs is 1. The summed E-state index contributed by atoms with van der Waals surface area (Å²) in [4.78, 5) is 0. The summed E-state index contributed by atoms with van der Waals surface area (Å²) in [5.74, 6) is 0.974. The molecule has 2 heteroatoms. The van der Waals surface area contributed by atoms with E-state index in [-0.39, 0.29) is 0 Å². The predicted molar refractivity (Wildman–Crippen MR) is 86.6 cm³/mol. The summed E-state index contributed by atoms with van der Waals surface area (Å²) in [5, 5.41) is 3.62. The molecule has 1 aliphatic rings. The third-order valence-corrected chi connectivity index (χ3v) is 4.10. The first kappa shape index (κ1) is 14.2. The largest absolute Gasteiger partial charge is 0.489 e. The van der Waals surface area contributed by atoms with Crippen LogP contribution in [0, 0.1) is 0 Å². The van der Waals surface area contributed by atoms with Crippen molar-refractivity contribution in [1.29, 1.82) is 0 Å². The monoisotopic (exact) mass is 281 g/mol. The third kappa shape index (κ3) is 3.45. The van der Waals surface area contributed by atoms with Crippen LogP contribution in [0.25, 0.3) is 0 Å². The van der Waals surface area contributed by atoms with Gasteiger partial charge in [-0.3, -0.25) is 0 Å². The average molecular weight is 281 g/mol. The Balaban J connectivity index is 1.73. The lowest BCUT2D eigenvalue weighted by molar-refractivity contribution is 0.305. The van der Waals surface area contributed by atoms with E-state index in [9.17, 15) is 0 Å². The molecule has 0 aliphatic carbocycles. The highest BCUT2D eigenvalue weighted by Gasteiger charge is 2.19. The number of benzene rings is 2. The van der Waals surface area contributed by atoms with Crippen LogP contribution >= 0.6 is 0 Å². The molecule has 0 saturated heterocycles. The first-order chi connectivity index (χ1) is 10.4. The van der Waals surface area contributed by atoms with E-state index in [0.29, 0.717) is 12.6 Å². The van der Waals surface area contributed by atoms with Crippen molar-refractivity contribution in [3.8, 4) is 5.75 Å². The summed E-state index contributed by atoms with van der Waals surface area (Å²) in [6.07, 6.45) is 3.51. The van der Waals surface area contributed by atoms with Crippen molar-refractivity contribution in [2.45, 2.75) is 38.8 Å². The van der Waals surface area contributed by atoms with Crippen LogP contribution in [0.3, 0.4) is 0 Å². The summed E-state index contributed by atoms with van der Waals surface area (Å²) < 4.78 is 5.96. The number of rotatable bonds is 5. The van der Waals surface area contributed by atoms with Gasteiger partial charge < -0.3 is 10.1 Å². The van der Waals surface area contributed by atoms with Crippen LogP contribution in [0.1, 0.15) is 42.5 Å². The molecule has 0 bridgehead atoms. The van der Waals surface area contributed by atoms with E-state index in [1.165, 1.54) is 29.5 Å². The standard InChI is InChI=1S/C19H23NO/c1-2-6-19-18-13-17(10-9-16(18)11-12-20-19)21-14-15-7-4-3-5-8-15/h3-5,7-10,13,19-20H,2,6,11-12,14H2,1H3. The lowest BCUT2D eigenvalue weighted by Gasteiger charge is -2.27. The fraction of sp³-hybridized carbons (Fsp3) is 0.368. The van der Waals surface area contributed by atoms with Gasteiger partial charge in [-0.05, 0) is 48.2 Å². The van der Waals surface area contributed by atoms with Crippen LogP contribution in [-0.4, -0.2) is 6.54 Å². The smallest absolute Gasteiger partial charge is 0.120 e. The Labute approximate surface area is 127 Å². The van der Waals surface area contributed by atoms with Gasteiger partial charge in [-0.25, -0.2) is 0 Å². The Hall–Kier alpha value is -1.80. The van der Waals surface area contributed by atoms with Crippen molar-refractivity contribution in [3.05, 3.63) is 65.2 Å². The van der Waals surface area contributed by atoms with Crippen molar-refractivity contribution in [3.63, 3.8) is 0 Å². The van der Waals surface area contributed by atoms with Gasteiger partial charge in [0.15, 0.2) is 0 Å². The zero-order valence-corrected chi connectivity index (χ0v) is 12.6. The van der Waals surface area contributed by atoms with E-state index < -0.39 is 0 Å². The lowest BCUT2D eigenvalue weighted by atomic mass is 9.91. The summed E-state index contributed by atoms with van der Waals surface area (Å²) in [6.45, 7) is 3.96. The number of hydrogen-bond donors (Lipinski definition) is 1. The second-order valence-corrected chi connectivity index (χ2v) is 5.68. The van der Waals surface area contributed by atoms with Gasteiger partial charge in [-0.2, -0.15) is 0 Å². The van der Waals surface area contributed by atoms with Crippen LogP contribution in [0.4, 0.5) is 0 Å². The van der Waals surface area contributed by atoms with Crippen LogP contribution in [0.2, 0.25) is 0 Å². The molecule has 2 aromatic rings. The van der Waals surface area contributed by atoms with Gasteiger partial charge in [0.05, 0.1) is 0 Å². The minimum atomic E-state index is 0.485. The van der Waals surface area contributed by atoms with Crippen LogP contribution < -0.4 is 10.1 Å². The lowest BCUT2D eigenvalue weighted by Crippen LogP contribution is -2.29. The molecular weight excluding hydrogens is 258 g/mol. The Morgan fingerprint density at radius 2 is 2.00 bits per heavy atom. The Bertz CT molecular complexity index is 579. The Morgan fingerprint density at radius 3 is 2.81 bits per heavy atom. The van der Waals surface area contributed by atoms with Gasteiger partial charge in [0.25, 0.3) is 0 Å². The molecule has 1 N–H and O–H groups in total. The molecule has 0 saturated carbocycles. The Kier molecular flexibility index (Phi) is 4.56. The molecule has 1 unspecified atom stereocenters. The fourth-order valence-electron chi connectivity index (χ4n) is 2.99. The quantitative estimate of drug-likeness (QED) is 0.884. The molecule has 0 aromatic heterocycles. The SMILES string of the molecule is CCCC1NCCc2ccc(OCc3ccccc3)cc21. The first-order valence-corrected chi connectivity index (χ1v) is 7.89. The van der Waals surface area contributed by atoms with Crippen LogP contribution in [0.5, 0.6) is 5.75 Å². The second kappa shape index (κ2) is 6.77. The maximum absolute atomic E-state index is 5.96. The minimum Gasteiger partial charge on any atom is -0.489 e. The maximum Gasteiger partial charge on any atom is 0.120 e. The highest BCUT2D eigenvalue weighted by Crippen LogP contribution is 2.30. The third-order valence-electron chi connectivity index (χ3n) is 4.10. The van der Waals surface area contributed by atoms with Crippen molar-refractivity contribution in [1.82, 2.24) is 5.32 Å². The van der Waals surface area contributed by atoms with E-state index in [1.807, 2.05) is 18.2 Å². The molecule has 0 spiro atoms. The molecule has 1 atom stereocenters.